The van der Waals surface area contributed by atoms with E-state index in [9.17, 15) is 9.90 Å². The Morgan fingerprint density at radius 1 is 1.00 bits per heavy atom. The van der Waals surface area contributed by atoms with E-state index in [1.54, 1.807) is 25.1 Å². The molecule has 180 valence electrons. The molecule has 1 aromatic heterocycles. The largest absolute Gasteiger partial charge is 0.508 e. The van der Waals surface area contributed by atoms with Crippen LogP contribution in [0.1, 0.15) is 29.8 Å². The fourth-order valence-electron chi connectivity index (χ4n) is 3.66. The molecule has 0 spiro atoms. The number of carbonyl (C=O) groups excluding carboxylic acids is 1. The molecule has 0 radical (unpaired) electrons. The number of rotatable bonds is 7. The van der Waals surface area contributed by atoms with Crippen LogP contribution in [0.4, 0.5) is 17.1 Å². The van der Waals surface area contributed by atoms with Gasteiger partial charge in [-0.15, -0.1) is 5.10 Å². The van der Waals surface area contributed by atoms with Crippen molar-refractivity contribution in [3.8, 4) is 5.75 Å². The molecule has 4 rings (SSSR count). The molecule has 3 N–H and O–H groups in total. The fourth-order valence-corrected chi connectivity index (χ4v) is 3.93. The first-order valence-electron chi connectivity index (χ1n) is 11.4. The van der Waals surface area contributed by atoms with Gasteiger partial charge < -0.3 is 19.7 Å². The molecular formula is C27H27BrN4O3. The van der Waals surface area contributed by atoms with E-state index in [-0.39, 0.29) is 16.9 Å². The third kappa shape index (κ3) is 5.66. The van der Waals surface area contributed by atoms with E-state index in [2.05, 4.69) is 50.5 Å². The van der Waals surface area contributed by atoms with Crippen LogP contribution in [0.15, 0.2) is 80.7 Å². The summed E-state index contributed by atoms with van der Waals surface area (Å²) in [5.74, 6) is -0.292. The van der Waals surface area contributed by atoms with Gasteiger partial charge in [0.2, 0.25) is 5.55 Å². The van der Waals surface area contributed by atoms with Gasteiger partial charge in [0.25, 0.3) is 5.91 Å². The molecule has 0 atom stereocenters. The molecular weight excluding hydrogens is 508 g/mol. The number of hydrogen-bond acceptors (Lipinski definition) is 6. The number of aryl methyl sites for hydroxylation is 1. The van der Waals surface area contributed by atoms with E-state index in [1.807, 2.05) is 42.5 Å². The van der Waals surface area contributed by atoms with E-state index < -0.39 is 5.91 Å². The number of carbonyl (C=O) groups is 1. The molecule has 1 heterocycles. The monoisotopic (exact) mass is 534 g/mol. The summed E-state index contributed by atoms with van der Waals surface area (Å²) in [5.41, 5.74) is 6.97. The van der Waals surface area contributed by atoms with Gasteiger partial charge in [0, 0.05) is 46.5 Å². The molecule has 0 aliphatic heterocycles. The average Bonchev–Trinajstić information content (AvgIpc) is 2.86. The second kappa shape index (κ2) is 10.7. The number of halogens is 1. The molecule has 0 saturated heterocycles. The average molecular weight is 535 g/mol. The van der Waals surface area contributed by atoms with E-state index in [0.29, 0.717) is 11.3 Å². The molecule has 4 aromatic rings. The first-order valence-corrected chi connectivity index (χ1v) is 12.2. The Morgan fingerprint density at radius 2 is 1.71 bits per heavy atom. The van der Waals surface area contributed by atoms with E-state index in [0.717, 1.165) is 39.9 Å². The van der Waals surface area contributed by atoms with Gasteiger partial charge in [0.05, 0.1) is 5.69 Å². The molecule has 7 nitrogen and oxygen atoms in total. The molecule has 0 bridgehead atoms. The lowest BCUT2D eigenvalue weighted by Gasteiger charge is -2.21. The number of nitrogens with zero attached hydrogens (tertiary/aromatic N) is 2. The van der Waals surface area contributed by atoms with Crippen LogP contribution in [0, 0.1) is 6.92 Å². The summed E-state index contributed by atoms with van der Waals surface area (Å²) >= 11 is 3.42. The van der Waals surface area contributed by atoms with Crippen LogP contribution in [0.3, 0.4) is 0 Å². The Bertz CT molecular complexity index is 1430. The molecule has 0 unspecified atom stereocenters. The smallest absolute Gasteiger partial charge is 0.261 e. The van der Waals surface area contributed by atoms with E-state index in [4.69, 9.17) is 4.42 Å². The second-order valence-corrected chi connectivity index (χ2v) is 8.96. The van der Waals surface area contributed by atoms with Crippen LogP contribution in [-0.4, -0.2) is 24.1 Å². The van der Waals surface area contributed by atoms with Gasteiger partial charge in [-0.25, -0.2) is 0 Å². The number of amides is 1. The van der Waals surface area contributed by atoms with Crippen molar-refractivity contribution in [1.29, 1.82) is 0 Å². The van der Waals surface area contributed by atoms with Crippen molar-refractivity contribution in [3.05, 3.63) is 87.9 Å². The molecule has 0 aliphatic rings. The summed E-state index contributed by atoms with van der Waals surface area (Å²) in [6.45, 7) is 7.73. The minimum atomic E-state index is -0.400. The van der Waals surface area contributed by atoms with Crippen molar-refractivity contribution in [3.63, 3.8) is 0 Å². The predicted octanol–water partition coefficient (Wildman–Crippen LogP) is 6.24. The highest BCUT2D eigenvalue weighted by Crippen LogP contribution is 2.24. The minimum absolute atomic E-state index is 0.108. The lowest BCUT2D eigenvalue weighted by Crippen LogP contribution is -2.23. The Hall–Kier alpha value is -3.78. The summed E-state index contributed by atoms with van der Waals surface area (Å²) in [7, 11) is 0. The molecule has 1 amide bonds. The highest BCUT2D eigenvalue weighted by atomic mass is 79.9. The first kappa shape index (κ1) is 24.3. The summed E-state index contributed by atoms with van der Waals surface area (Å²) in [6, 6.07) is 20.2. The van der Waals surface area contributed by atoms with Gasteiger partial charge >= 0.3 is 0 Å². The Balaban J connectivity index is 1.78. The second-order valence-electron chi connectivity index (χ2n) is 8.05. The number of benzene rings is 3. The van der Waals surface area contributed by atoms with Gasteiger partial charge in [-0.1, -0.05) is 22.0 Å². The van der Waals surface area contributed by atoms with Crippen molar-refractivity contribution >= 4 is 49.9 Å². The molecule has 0 aliphatic carbocycles. The number of anilines is 3. The Morgan fingerprint density at radius 3 is 2.40 bits per heavy atom. The number of nitrogens with one attached hydrogen (secondary N) is 2. The standard InChI is InChI=1S/C27H27BrN4O3/c1-4-32(5-2)22-13-7-18-14-23(26(34)29-21-10-6-17(3)24(33)15-21)27(35-25(18)16-22)31-30-20-11-8-19(28)9-12-20/h6-16,30,33H,4-5H2,1-3H3,(H,29,34)/b31-27-. The van der Waals surface area contributed by atoms with Gasteiger partial charge in [0.1, 0.15) is 16.9 Å². The molecule has 0 saturated carbocycles. The van der Waals surface area contributed by atoms with Crippen LogP contribution in [0.5, 0.6) is 5.75 Å². The van der Waals surface area contributed by atoms with Crippen molar-refractivity contribution < 1.29 is 14.3 Å². The number of fused-ring (bicyclic) bond motifs is 1. The van der Waals surface area contributed by atoms with E-state index >= 15 is 0 Å². The van der Waals surface area contributed by atoms with Crippen LogP contribution in [0.2, 0.25) is 0 Å². The molecule has 8 heteroatoms. The maximum absolute atomic E-state index is 13.2. The predicted molar refractivity (Wildman–Crippen MR) is 144 cm³/mol. The highest BCUT2D eigenvalue weighted by Gasteiger charge is 2.15. The number of aromatic hydroxyl groups is 1. The van der Waals surface area contributed by atoms with Crippen molar-refractivity contribution in [1.82, 2.24) is 0 Å². The lowest BCUT2D eigenvalue weighted by atomic mass is 10.1. The topological polar surface area (TPSA) is 90.1 Å². The zero-order chi connectivity index (χ0) is 24.9. The van der Waals surface area contributed by atoms with Crippen LogP contribution in [0.25, 0.3) is 11.0 Å². The van der Waals surface area contributed by atoms with Gasteiger partial charge in [-0.2, -0.15) is 0 Å². The van der Waals surface area contributed by atoms with E-state index in [1.165, 1.54) is 6.07 Å². The fraction of sp³-hybridized carbons (Fsp3) is 0.185. The van der Waals surface area contributed by atoms with Crippen LogP contribution < -0.4 is 21.2 Å². The normalized spacial score (nSPS) is 11.5. The van der Waals surface area contributed by atoms with Crippen LogP contribution in [-0.2, 0) is 0 Å². The zero-order valence-corrected chi connectivity index (χ0v) is 21.4. The molecule has 3 aromatic carbocycles. The SMILES string of the molecule is CCN(CC)c1ccc2cc(C(=O)Nc3ccc(C)c(O)c3)/c(=N/Nc3ccc(Br)cc3)oc2c1. The number of phenolic OH excluding ortho intramolecular Hbond substituents is 1. The number of phenols is 1. The summed E-state index contributed by atoms with van der Waals surface area (Å²) in [6.07, 6.45) is 0. The summed E-state index contributed by atoms with van der Waals surface area (Å²) < 4.78 is 7.09. The quantitative estimate of drug-likeness (QED) is 0.244. The lowest BCUT2D eigenvalue weighted by molar-refractivity contribution is 0.102. The van der Waals surface area contributed by atoms with Gasteiger partial charge in [-0.3, -0.25) is 10.2 Å². The maximum atomic E-state index is 13.2. The maximum Gasteiger partial charge on any atom is 0.261 e. The Kier molecular flexibility index (Phi) is 7.41. The third-order valence-corrected chi connectivity index (χ3v) is 6.23. The van der Waals surface area contributed by atoms with Crippen molar-refractivity contribution in [2.24, 2.45) is 5.10 Å². The minimum Gasteiger partial charge on any atom is -0.508 e. The van der Waals surface area contributed by atoms with Crippen LogP contribution >= 0.6 is 15.9 Å². The summed E-state index contributed by atoms with van der Waals surface area (Å²) in [4.78, 5) is 15.5. The number of hydrogen-bond donors (Lipinski definition) is 3. The summed E-state index contributed by atoms with van der Waals surface area (Å²) in [5, 5.41) is 18.0. The van der Waals surface area contributed by atoms with Crippen molar-refractivity contribution in [2.75, 3.05) is 28.7 Å². The zero-order valence-electron chi connectivity index (χ0n) is 19.8. The highest BCUT2D eigenvalue weighted by molar-refractivity contribution is 9.10. The first-order chi connectivity index (χ1) is 16.9. The molecule has 35 heavy (non-hydrogen) atoms. The van der Waals surface area contributed by atoms with Gasteiger partial charge in [0.15, 0.2) is 0 Å². The Labute approximate surface area is 212 Å². The van der Waals surface area contributed by atoms with Gasteiger partial charge in [-0.05, 0) is 74.9 Å². The third-order valence-electron chi connectivity index (χ3n) is 5.71. The molecule has 0 fully saturated rings. The van der Waals surface area contributed by atoms with Crippen molar-refractivity contribution in [2.45, 2.75) is 20.8 Å².